The lowest BCUT2D eigenvalue weighted by atomic mass is 10.00. The van der Waals surface area contributed by atoms with Crippen molar-refractivity contribution < 1.29 is 4.39 Å². The van der Waals surface area contributed by atoms with Crippen molar-refractivity contribution in [2.75, 3.05) is 25.0 Å². The largest absolute Gasteiger partial charge is 0.382 e. The van der Waals surface area contributed by atoms with E-state index in [1.54, 1.807) is 12.1 Å². The van der Waals surface area contributed by atoms with Crippen LogP contribution in [-0.4, -0.2) is 19.6 Å². The van der Waals surface area contributed by atoms with Crippen molar-refractivity contribution >= 4 is 17.3 Å². The van der Waals surface area contributed by atoms with E-state index >= 15 is 0 Å². The Kier molecular flexibility index (Phi) is 4.02. The maximum absolute atomic E-state index is 13.4. The minimum absolute atomic E-state index is 0.281. The molecule has 16 heavy (non-hydrogen) atoms. The topological polar surface area (TPSA) is 24.1 Å². The smallest absolute Gasteiger partial charge is 0.147 e. The molecule has 4 heteroatoms. The standard InChI is InChI=1S/C12H16ClFN2/c13-10-3-4-12(11(14)6-10)16-8-9-2-1-5-15-7-9/h3-4,6,9,15-16H,1-2,5,7-8H2. The Hall–Kier alpha value is -0.800. The molecule has 88 valence electrons. The molecule has 0 saturated carbocycles. The van der Waals surface area contributed by atoms with Gasteiger partial charge in [-0.15, -0.1) is 0 Å². The van der Waals surface area contributed by atoms with E-state index in [4.69, 9.17) is 11.6 Å². The molecule has 1 fully saturated rings. The molecule has 1 aromatic carbocycles. The summed E-state index contributed by atoms with van der Waals surface area (Å²) in [5.74, 6) is 0.306. The van der Waals surface area contributed by atoms with Gasteiger partial charge in [0.05, 0.1) is 5.69 Å². The number of nitrogens with one attached hydrogen (secondary N) is 2. The summed E-state index contributed by atoms with van der Waals surface area (Å²) >= 11 is 5.69. The molecule has 1 saturated heterocycles. The summed E-state index contributed by atoms with van der Waals surface area (Å²) < 4.78 is 13.4. The fourth-order valence-electron chi connectivity index (χ4n) is 1.99. The third kappa shape index (κ3) is 3.09. The van der Waals surface area contributed by atoms with Crippen LogP contribution in [0.3, 0.4) is 0 Å². The summed E-state index contributed by atoms with van der Waals surface area (Å²) in [5, 5.41) is 6.91. The second-order valence-corrected chi connectivity index (χ2v) is 4.65. The van der Waals surface area contributed by atoms with Gasteiger partial charge in [-0.1, -0.05) is 11.6 Å². The predicted molar refractivity (Wildman–Crippen MR) is 65.5 cm³/mol. The first-order valence-corrected chi connectivity index (χ1v) is 6.03. The Balaban J connectivity index is 1.88. The number of rotatable bonds is 3. The summed E-state index contributed by atoms with van der Waals surface area (Å²) in [4.78, 5) is 0. The quantitative estimate of drug-likeness (QED) is 0.852. The Morgan fingerprint density at radius 2 is 2.38 bits per heavy atom. The summed E-state index contributed by atoms with van der Waals surface area (Å²) in [5.41, 5.74) is 0.537. The van der Waals surface area contributed by atoms with Crippen molar-refractivity contribution in [2.24, 2.45) is 5.92 Å². The van der Waals surface area contributed by atoms with E-state index in [9.17, 15) is 4.39 Å². The van der Waals surface area contributed by atoms with Crippen molar-refractivity contribution in [2.45, 2.75) is 12.8 Å². The summed E-state index contributed by atoms with van der Waals surface area (Å²) in [6, 6.07) is 4.73. The van der Waals surface area contributed by atoms with Gasteiger partial charge in [0.15, 0.2) is 0 Å². The van der Waals surface area contributed by atoms with Crippen molar-refractivity contribution in [3.8, 4) is 0 Å². The minimum atomic E-state index is -0.281. The predicted octanol–water partition coefficient (Wildman–Crippen LogP) is 2.89. The van der Waals surface area contributed by atoms with Crippen LogP contribution in [0.1, 0.15) is 12.8 Å². The van der Waals surface area contributed by atoms with Crippen LogP contribution in [0.4, 0.5) is 10.1 Å². The highest BCUT2D eigenvalue weighted by molar-refractivity contribution is 6.30. The lowest BCUT2D eigenvalue weighted by Crippen LogP contribution is -2.33. The number of halogens is 2. The fraction of sp³-hybridized carbons (Fsp3) is 0.500. The van der Waals surface area contributed by atoms with Crippen LogP contribution in [0.15, 0.2) is 18.2 Å². The van der Waals surface area contributed by atoms with Crippen LogP contribution in [0.5, 0.6) is 0 Å². The first-order valence-electron chi connectivity index (χ1n) is 5.65. The van der Waals surface area contributed by atoms with E-state index in [1.807, 2.05) is 0 Å². The van der Waals surface area contributed by atoms with Crippen LogP contribution in [-0.2, 0) is 0 Å². The second-order valence-electron chi connectivity index (χ2n) is 4.22. The second kappa shape index (κ2) is 5.51. The van der Waals surface area contributed by atoms with Gasteiger partial charge in [-0.2, -0.15) is 0 Å². The van der Waals surface area contributed by atoms with Crippen LogP contribution in [0, 0.1) is 11.7 Å². The van der Waals surface area contributed by atoms with Crippen LogP contribution in [0.25, 0.3) is 0 Å². The molecule has 1 atom stereocenters. The maximum Gasteiger partial charge on any atom is 0.147 e. The van der Waals surface area contributed by atoms with E-state index in [0.717, 1.165) is 19.6 Å². The molecule has 1 unspecified atom stereocenters. The van der Waals surface area contributed by atoms with Gasteiger partial charge < -0.3 is 10.6 Å². The monoisotopic (exact) mass is 242 g/mol. The van der Waals surface area contributed by atoms with Gasteiger partial charge in [-0.05, 0) is 50.0 Å². The van der Waals surface area contributed by atoms with E-state index in [-0.39, 0.29) is 5.82 Å². The maximum atomic E-state index is 13.4. The van der Waals surface area contributed by atoms with E-state index < -0.39 is 0 Å². The van der Waals surface area contributed by atoms with Gasteiger partial charge in [-0.3, -0.25) is 0 Å². The Morgan fingerprint density at radius 1 is 1.50 bits per heavy atom. The minimum Gasteiger partial charge on any atom is -0.382 e. The van der Waals surface area contributed by atoms with Crippen LogP contribution >= 0.6 is 11.6 Å². The van der Waals surface area contributed by atoms with E-state index in [1.165, 1.54) is 18.9 Å². The molecule has 0 aromatic heterocycles. The molecule has 1 heterocycles. The Bertz CT molecular complexity index is 351. The zero-order valence-electron chi connectivity index (χ0n) is 9.10. The van der Waals surface area contributed by atoms with E-state index in [0.29, 0.717) is 16.6 Å². The highest BCUT2D eigenvalue weighted by atomic mass is 35.5. The highest BCUT2D eigenvalue weighted by Crippen LogP contribution is 2.20. The third-order valence-corrected chi connectivity index (χ3v) is 3.15. The summed E-state index contributed by atoms with van der Waals surface area (Å²) in [7, 11) is 0. The van der Waals surface area contributed by atoms with Gasteiger partial charge in [0.2, 0.25) is 0 Å². The van der Waals surface area contributed by atoms with Gasteiger partial charge >= 0.3 is 0 Å². The molecule has 1 aliphatic rings. The van der Waals surface area contributed by atoms with Gasteiger partial charge in [-0.25, -0.2) is 4.39 Å². The first-order chi connectivity index (χ1) is 7.75. The van der Waals surface area contributed by atoms with Crippen molar-refractivity contribution in [1.82, 2.24) is 5.32 Å². The zero-order valence-corrected chi connectivity index (χ0v) is 9.86. The molecule has 2 nitrogen and oxygen atoms in total. The lowest BCUT2D eigenvalue weighted by Gasteiger charge is -2.23. The SMILES string of the molecule is Fc1cc(Cl)ccc1NCC1CCCNC1. The molecule has 0 bridgehead atoms. The normalized spacial score (nSPS) is 20.8. The average molecular weight is 243 g/mol. The van der Waals surface area contributed by atoms with E-state index in [2.05, 4.69) is 10.6 Å². The molecular weight excluding hydrogens is 227 g/mol. The van der Waals surface area contributed by atoms with Crippen molar-refractivity contribution in [3.63, 3.8) is 0 Å². The molecule has 1 aromatic rings. The highest BCUT2D eigenvalue weighted by Gasteiger charge is 2.13. The summed E-state index contributed by atoms with van der Waals surface area (Å²) in [6.45, 7) is 2.93. The number of hydrogen-bond acceptors (Lipinski definition) is 2. The van der Waals surface area contributed by atoms with Crippen LogP contribution in [0.2, 0.25) is 5.02 Å². The molecule has 0 spiro atoms. The Morgan fingerprint density at radius 3 is 3.06 bits per heavy atom. The molecule has 2 N–H and O–H groups in total. The number of benzene rings is 1. The molecule has 1 aliphatic heterocycles. The number of anilines is 1. The first kappa shape index (κ1) is 11.7. The van der Waals surface area contributed by atoms with Gasteiger partial charge in [0, 0.05) is 11.6 Å². The Labute approximate surface area is 100 Å². The summed E-state index contributed by atoms with van der Waals surface area (Å²) in [6.07, 6.45) is 2.41. The molecular formula is C12H16ClFN2. The van der Waals surface area contributed by atoms with Crippen LogP contribution < -0.4 is 10.6 Å². The number of piperidine rings is 1. The average Bonchev–Trinajstić information content (AvgIpc) is 2.29. The van der Waals surface area contributed by atoms with Gasteiger partial charge in [0.25, 0.3) is 0 Å². The zero-order chi connectivity index (χ0) is 11.4. The fourth-order valence-corrected chi connectivity index (χ4v) is 2.14. The third-order valence-electron chi connectivity index (χ3n) is 2.91. The molecule has 0 amide bonds. The lowest BCUT2D eigenvalue weighted by molar-refractivity contribution is 0.392. The van der Waals surface area contributed by atoms with Crippen molar-refractivity contribution in [3.05, 3.63) is 29.0 Å². The number of hydrogen-bond donors (Lipinski definition) is 2. The molecule has 0 aliphatic carbocycles. The van der Waals surface area contributed by atoms with Crippen molar-refractivity contribution in [1.29, 1.82) is 0 Å². The van der Waals surface area contributed by atoms with Gasteiger partial charge in [0.1, 0.15) is 5.82 Å². The molecule has 2 rings (SSSR count). The molecule has 0 radical (unpaired) electrons.